The van der Waals surface area contributed by atoms with E-state index in [1.807, 2.05) is 0 Å². The smallest absolute Gasteiger partial charge is 0.0372 e. The van der Waals surface area contributed by atoms with Gasteiger partial charge in [0.25, 0.3) is 0 Å². The summed E-state index contributed by atoms with van der Waals surface area (Å²) in [4.78, 5) is 2.51. The maximum atomic E-state index is 3.47. The van der Waals surface area contributed by atoms with Gasteiger partial charge in [-0.1, -0.05) is 24.3 Å². The lowest BCUT2D eigenvalue weighted by atomic mass is 10.0. The molecule has 1 aromatic carbocycles. The molecule has 17 heavy (non-hydrogen) atoms. The number of fused-ring (bicyclic) bond motifs is 1. The van der Waals surface area contributed by atoms with E-state index in [0.29, 0.717) is 0 Å². The second-order valence-corrected chi connectivity index (χ2v) is 5.02. The molecule has 2 aliphatic rings. The van der Waals surface area contributed by atoms with Gasteiger partial charge in [-0.25, -0.2) is 0 Å². The van der Waals surface area contributed by atoms with Crippen molar-refractivity contribution in [2.24, 2.45) is 0 Å². The van der Waals surface area contributed by atoms with Crippen molar-refractivity contribution < 1.29 is 0 Å². The van der Waals surface area contributed by atoms with E-state index in [1.165, 1.54) is 42.6 Å². The second-order valence-electron chi connectivity index (χ2n) is 5.02. The summed E-state index contributed by atoms with van der Waals surface area (Å²) >= 11 is 0. The van der Waals surface area contributed by atoms with Crippen LogP contribution in [0.5, 0.6) is 0 Å². The normalized spacial score (nSPS) is 19.8. The van der Waals surface area contributed by atoms with Crippen molar-refractivity contribution in [3.8, 4) is 0 Å². The Morgan fingerprint density at radius 3 is 3.12 bits per heavy atom. The van der Waals surface area contributed by atoms with E-state index < -0.39 is 0 Å². The third-order valence-electron chi connectivity index (χ3n) is 3.66. The second kappa shape index (κ2) is 4.92. The van der Waals surface area contributed by atoms with Crippen molar-refractivity contribution in [3.05, 3.63) is 41.5 Å². The number of hydrogen-bond donors (Lipinski definition) is 1. The zero-order valence-corrected chi connectivity index (χ0v) is 10.3. The van der Waals surface area contributed by atoms with E-state index in [1.54, 1.807) is 0 Å². The summed E-state index contributed by atoms with van der Waals surface area (Å²) in [6, 6.07) is 6.92. The van der Waals surface area contributed by atoms with Crippen molar-refractivity contribution in [1.82, 2.24) is 4.90 Å². The molecule has 2 heteroatoms. The molecule has 2 nitrogen and oxygen atoms in total. The lowest BCUT2D eigenvalue weighted by molar-refractivity contribution is 0.290. The van der Waals surface area contributed by atoms with Gasteiger partial charge in [0, 0.05) is 31.9 Å². The van der Waals surface area contributed by atoms with Gasteiger partial charge in [-0.3, -0.25) is 4.90 Å². The van der Waals surface area contributed by atoms with Crippen LogP contribution in [0.2, 0.25) is 0 Å². The quantitative estimate of drug-likeness (QED) is 0.783. The summed E-state index contributed by atoms with van der Waals surface area (Å²) in [6.07, 6.45) is 8.27. The fourth-order valence-corrected chi connectivity index (χ4v) is 2.72. The third kappa shape index (κ3) is 2.52. The van der Waals surface area contributed by atoms with Gasteiger partial charge < -0.3 is 5.32 Å². The summed E-state index contributed by atoms with van der Waals surface area (Å²) in [7, 11) is 0. The summed E-state index contributed by atoms with van der Waals surface area (Å²) in [5, 5.41) is 3.47. The molecule has 0 radical (unpaired) electrons. The molecule has 0 spiro atoms. The SMILES string of the molecule is C1=CCN(Cc2ccc3c(c2)CCCN3)CC1. The molecule has 0 aliphatic carbocycles. The minimum Gasteiger partial charge on any atom is -0.385 e. The molecule has 0 bridgehead atoms. The Morgan fingerprint density at radius 2 is 2.24 bits per heavy atom. The number of nitrogens with one attached hydrogen (secondary N) is 1. The van der Waals surface area contributed by atoms with Gasteiger partial charge in [0.1, 0.15) is 0 Å². The Balaban J connectivity index is 1.72. The van der Waals surface area contributed by atoms with Crippen LogP contribution in [0.15, 0.2) is 30.4 Å². The number of rotatable bonds is 2. The van der Waals surface area contributed by atoms with Crippen LogP contribution in [0.1, 0.15) is 24.0 Å². The Hall–Kier alpha value is -1.28. The summed E-state index contributed by atoms with van der Waals surface area (Å²) in [5.41, 5.74) is 4.31. The number of anilines is 1. The zero-order chi connectivity index (χ0) is 11.5. The maximum absolute atomic E-state index is 3.47. The molecule has 0 atom stereocenters. The monoisotopic (exact) mass is 228 g/mol. The number of nitrogens with zero attached hydrogens (tertiary/aromatic N) is 1. The van der Waals surface area contributed by atoms with Crippen molar-refractivity contribution >= 4 is 5.69 Å². The van der Waals surface area contributed by atoms with Gasteiger partial charge in [0.05, 0.1) is 0 Å². The Labute approximate surface area is 103 Å². The molecule has 0 aromatic heterocycles. The van der Waals surface area contributed by atoms with Crippen LogP contribution >= 0.6 is 0 Å². The average Bonchev–Trinajstić information content (AvgIpc) is 2.40. The molecule has 0 fully saturated rings. The molecule has 3 rings (SSSR count). The van der Waals surface area contributed by atoms with E-state index in [0.717, 1.165) is 19.6 Å². The van der Waals surface area contributed by atoms with Gasteiger partial charge in [0.15, 0.2) is 0 Å². The van der Waals surface area contributed by atoms with E-state index in [4.69, 9.17) is 0 Å². The molecule has 90 valence electrons. The van der Waals surface area contributed by atoms with Crippen molar-refractivity contribution in [3.63, 3.8) is 0 Å². The van der Waals surface area contributed by atoms with E-state index >= 15 is 0 Å². The molecule has 0 saturated heterocycles. The Morgan fingerprint density at radius 1 is 1.24 bits per heavy atom. The van der Waals surface area contributed by atoms with Gasteiger partial charge in [-0.15, -0.1) is 0 Å². The molecule has 1 aromatic rings. The van der Waals surface area contributed by atoms with Crippen LogP contribution in [0, 0.1) is 0 Å². The van der Waals surface area contributed by atoms with Crippen molar-refractivity contribution in [1.29, 1.82) is 0 Å². The standard InChI is InChI=1S/C15H20N2/c1-2-9-17(10-3-1)12-13-6-7-15-14(11-13)5-4-8-16-15/h1-2,6-7,11,16H,3-5,8-10,12H2. The van der Waals surface area contributed by atoms with Crippen LogP contribution in [0.3, 0.4) is 0 Å². The highest BCUT2D eigenvalue weighted by Crippen LogP contribution is 2.23. The fraction of sp³-hybridized carbons (Fsp3) is 0.467. The Bertz CT molecular complexity index is 423. The first kappa shape index (κ1) is 10.8. The molecule has 2 aliphatic heterocycles. The summed E-state index contributed by atoms with van der Waals surface area (Å²) < 4.78 is 0. The predicted octanol–water partition coefficient (Wildman–Crippen LogP) is 2.81. The predicted molar refractivity (Wildman–Crippen MR) is 72.3 cm³/mol. The molecule has 1 N–H and O–H groups in total. The van der Waals surface area contributed by atoms with Crippen LogP contribution < -0.4 is 5.32 Å². The van der Waals surface area contributed by atoms with Gasteiger partial charge in [-0.2, -0.15) is 0 Å². The highest BCUT2D eigenvalue weighted by atomic mass is 15.1. The topological polar surface area (TPSA) is 15.3 Å². The van der Waals surface area contributed by atoms with E-state index in [2.05, 4.69) is 40.6 Å². The van der Waals surface area contributed by atoms with Gasteiger partial charge in [0.2, 0.25) is 0 Å². The first-order chi connectivity index (χ1) is 8.42. The van der Waals surface area contributed by atoms with Crippen molar-refractivity contribution in [2.45, 2.75) is 25.8 Å². The first-order valence-electron chi connectivity index (χ1n) is 6.65. The van der Waals surface area contributed by atoms with Gasteiger partial charge >= 0.3 is 0 Å². The lowest BCUT2D eigenvalue weighted by Crippen LogP contribution is -2.26. The van der Waals surface area contributed by atoms with Crippen molar-refractivity contribution in [2.75, 3.05) is 25.0 Å². The van der Waals surface area contributed by atoms with E-state index in [-0.39, 0.29) is 0 Å². The largest absolute Gasteiger partial charge is 0.385 e. The molecular formula is C15H20N2. The minimum absolute atomic E-state index is 1.09. The Kier molecular flexibility index (Phi) is 3.14. The highest BCUT2D eigenvalue weighted by molar-refractivity contribution is 5.54. The third-order valence-corrected chi connectivity index (χ3v) is 3.66. The van der Waals surface area contributed by atoms with Crippen LogP contribution in [-0.2, 0) is 13.0 Å². The van der Waals surface area contributed by atoms with Crippen LogP contribution in [-0.4, -0.2) is 24.5 Å². The number of benzene rings is 1. The lowest BCUT2D eigenvalue weighted by Gasteiger charge is -2.24. The molecule has 0 amide bonds. The van der Waals surface area contributed by atoms with Gasteiger partial charge in [-0.05, 0) is 36.5 Å². The average molecular weight is 228 g/mol. The highest BCUT2D eigenvalue weighted by Gasteiger charge is 2.11. The molecule has 2 heterocycles. The summed E-state index contributed by atoms with van der Waals surface area (Å²) in [5.74, 6) is 0. The first-order valence-corrected chi connectivity index (χ1v) is 6.65. The zero-order valence-electron chi connectivity index (χ0n) is 10.3. The van der Waals surface area contributed by atoms with E-state index in [9.17, 15) is 0 Å². The molecule has 0 unspecified atom stereocenters. The number of hydrogen-bond acceptors (Lipinski definition) is 2. The molecule has 0 saturated carbocycles. The maximum Gasteiger partial charge on any atom is 0.0372 e. The molecular weight excluding hydrogens is 208 g/mol. The fourth-order valence-electron chi connectivity index (χ4n) is 2.72. The summed E-state index contributed by atoms with van der Waals surface area (Å²) in [6.45, 7) is 4.53. The number of aryl methyl sites for hydroxylation is 1. The van der Waals surface area contributed by atoms with Crippen LogP contribution in [0.25, 0.3) is 0 Å². The van der Waals surface area contributed by atoms with Crippen LogP contribution in [0.4, 0.5) is 5.69 Å². The minimum atomic E-state index is 1.09.